The van der Waals surface area contributed by atoms with Gasteiger partial charge in [-0.3, -0.25) is 4.98 Å². The first-order valence-corrected chi connectivity index (χ1v) is 6.26. The first kappa shape index (κ1) is 13.0. The van der Waals surface area contributed by atoms with Crippen molar-refractivity contribution in [3.8, 4) is 5.88 Å². The number of hydrogen-bond acceptors (Lipinski definition) is 4. The van der Waals surface area contributed by atoms with Crippen LogP contribution in [0.25, 0.3) is 0 Å². The van der Waals surface area contributed by atoms with Crippen molar-refractivity contribution < 1.29 is 4.74 Å². The van der Waals surface area contributed by atoms with E-state index in [-0.39, 0.29) is 0 Å². The average Bonchev–Trinajstić information content (AvgIpc) is 2.39. The molecule has 18 heavy (non-hydrogen) atoms. The summed E-state index contributed by atoms with van der Waals surface area (Å²) >= 11 is 3.51. The third-order valence-electron chi connectivity index (χ3n) is 2.78. The SMILES string of the molecule is COc1nccnc1C(C)(N)c1ccccc1Br. The fraction of sp³-hybridized carbons (Fsp3) is 0.231. The molecule has 94 valence electrons. The summed E-state index contributed by atoms with van der Waals surface area (Å²) in [4.78, 5) is 8.44. The molecule has 2 aromatic rings. The van der Waals surface area contributed by atoms with E-state index in [1.54, 1.807) is 19.5 Å². The molecule has 0 radical (unpaired) electrons. The first-order valence-electron chi connectivity index (χ1n) is 5.46. The molecule has 0 amide bonds. The second-order valence-electron chi connectivity index (χ2n) is 4.10. The molecule has 1 heterocycles. The minimum Gasteiger partial charge on any atom is -0.480 e. The van der Waals surface area contributed by atoms with Crippen LogP contribution in [0.5, 0.6) is 5.88 Å². The van der Waals surface area contributed by atoms with E-state index in [0.717, 1.165) is 10.0 Å². The lowest BCUT2D eigenvalue weighted by molar-refractivity contribution is 0.376. The molecule has 2 rings (SSSR count). The highest BCUT2D eigenvalue weighted by Crippen LogP contribution is 2.34. The van der Waals surface area contributed by atoms with E-state index in [1.807, 2.05) is 31.2 Å². The molecular formula is C13H14BrN3O. The van der Waals surface area contributed by atoms with Crippen LogP contribution >= 0.6 is 15.9 Å². The highest BCUT2D eigenvalue weighted by molar-refractivity contribution is 9.10. The van der Waals surface area contributed by atoms with Crippen LogP contribution in [0.4, 0.5) is 0 Å². The molecule has 0 aliphatic rings. The number of nitrogens with zero attached hydrogens (tertiary/aromatic N) is 2. The Labute approximate surface area is 114 Å². The van der Waals surface area contributed by atoms with Crippen LogP contribution in [0.1, 0.15) is 18.2 Å². The Morgan fingerprint density at radius 2 is 1.89 bits per heavy atom. The molecule has 0 aliphatic carbocycles. The second-order valence-corrected chi connectivity index (χ2v) is 4.95. The van der Waals surface area contributed by atoms with Crippen molar-refractivity contribution in [2.24, 2.45) is 5.73 Å². The van der Waals surface area contributed by atoms with Crippen LogP contribution in [-0.2, 0) is 5.54 Å². The number of aromatic nitrogens is 2. The number of methoxy groups -OCH3 is 1. The van der Waals surface area contributed by atoms with Crippen molar-refractivity contribution in [3.63, 3.8) is 0 Å². The zero-order chi connectivity index (χ0) is 13.2. The van der Waals surface area contributed by atoms with E-state index >= 15 is 0 Å². The van der Waals surface area contributed by atoms with Crippen molar-refractivity contribution in [3.05, 3.63) is 52.4 Å². The zero-order valence-corrected chi connectivity index (χ0v) is 11.8. The number of hydrogen-bond donors (Lipinski definition) is 1. The summed E-state index contributed by atoms with van der Waals surface area (Å²) in [6.07, 6.45) is 3.19. The van der Waals surface area contributed by atoms with E-state index in [2.05, 4.69) is 25.9 Å². The number of benzene rings is 1. The second kappa shape index (κ2) is 5.04. The molecule has 0 bridgehead atoms. The summed E-state index contributed by atoms with van der Waals surface area (Å²) in [6, 6.07) is 7.78. The van der Waals surface area contributed by atoms with Gasteiger partial charge in [0.15, 0.2) is 0 Å². The molecule has 1 aromatic heterocycles. The number of halogens is 1. The van der Waals surface area contributed by atoms with Gasteiger partial charge in [0.1, 0.15) is 5.69 Å². The maximum atomic E-state index is 6.42. The summed E-state index contributed by atoms with van der Waals surface area (Å²) in [5, 5.41) is 0. The fourth-order valence-corrected chi connectivity index (χ4v) is 2.54. The van der Waals surface area contributed by atoms with Crippen LogP contribution in [0.3, 0.4) is 0 Å². The highest BCUT2D eigenvalue weighted by Gasteiger charge is 2.31. The van der Waals surface area contributed by atoms with Gasteiger partial charge >= 0.3 is 0 Å². The Morgan fingerprint density at radius 3 is 2.56 bits per heavy atom. The van der Waals surface area contributed by atoms with Crippen molar-refractivity contribution >= 4 is 15.9 Å². The van der Waals surface area contributed by atoms with Crippen LogP contribution in [0.2, 0.25) is 0 Å². The molecule has 5 heteroatoms. The van der Waals surface area contributed by atoms with Crippen molar-refractivity contribution in [1.29, 1.82) is 0 Å². The van der Waals surface area contributed by atoms with Gasteiger partial charge in [-0.15, -0.1) is 0 Å². The van der Waals surface area contributed by atoms with Crippen LogP contribution in [-0.4, -0.2) is 17.1 Å². The van der Waals surface area contributed by atoms with Crippen molar-refractivity contribution in [2.75, 3.05) is 7.11 Å². The molecule has 2 N–H and O–H groups in total. The quantitative estimate of drug-likeness (QED) is 0.946. The zero-order valence-electron chi connectivity index (χ0n) is 10.2. The fourth-order valence-electron chi connectivity index (χ4n) is 1.84. The summed E-state index contributed by atoms with van der Waals surface area (Å²) in [5.74, 6) is 0.443. The van der Waals surface area contributed by atoms with E-state index in [4.69, 9.17) is 10.5 Å². The van der Waals surface area contributed by atoms with Gasteiger partial charge in [-0.05, 0) is 18.6 Å². The maximum absolute atomic E-state index is 6.42. The number of rotatable bonds is 3. The van der Waals surface area contributed by atoms with Gasteiger partial charge in [0.25, 0.3) is 0 Å². The van der Waals surface area contributed by atoms with Gasteiger partial charge in [-0.1, -0.05) is 34.1 Å². The highest BCUT2D eigenvalue weighted by atomic mass is 79.9. The van der Waals surface area contributed by atoms with Gasteiger partial charge in [0.2, 0.25) is 5.88 Å². The minimum absolute atomic E-state index is 0.443. The predicted molar refractivity (Wildman–Crippen MR) is 73.4 cm³/mol. The molecule has 0 spiro atoms. The average molecular weight is 308 g/mol. The topological polar surface area (TPSA) is 61.0 Å². The van der Waals surface area contributed by atoms with E-state index in [0.29, 0.717) is 11.6 Å². The Balaban J connectivity index is 2.58. The lowest BCUT2D eigenvalue weighted by Crippen LogP contribution is -2.36. The normalized spacial score (nSPS) is 14.0. The summed E-state index contributed by atoms with van der Waals surface area (Å²) < 4.78 is 6.16. The number of ether oxygens (including phenoxy) is 1. The third-order valence-corrected chi connectivity index (χ3v) is 3.47. The molecule has 1 atom stereocenters. The van der Waals surface area contributed by atoms with E-state index < -0.39 is 5.54 Å². The Bertz CT molecular complexity index is 557. The largest absolute Gasteiger partial charge is 0.480 e. The van der Waals surface area contributed by atoms with Gasteiger partial charge < -0.3 is 10.5 Å². The molecule has 1 aromatic carbocycles. The molecular weight excluding hydrogens is 294 g/mol. The summed E-state index contributed by atoms with van der Waals surface area (Å²) in [7, 11) is 1.56. The molecule has 0 fully saturated rings. The molecule has 4 nitrogen and oxygen atoms in total. The van der Waals surface area contributed by atoms with Crippen molar-refractivity contribution in [2.45, 2.75) is 12.5 Å². The molecule has 0 saturated heterocycles. The minimum atomic E-state index is -0.778. The van der Waals surface area contributed by atoms with Crippen molar-refractivity contribution in [1.82, 2.24) is 9.97 Å². The third kappa shape index (κ3) is 2.23. The lowest BCUT2D eigenvalue weighted by Gasteiger charge is -2.26. The Hall–Kier alpha value is -1.46. The number of nitrogens with two attached hydrogens (primary N) is 1. The maximum Gasteiger partial charge on any atom is 0.237 e. The predicted octanol–water partition coefficient (Wildman–Crippen LogP) is 2.47. The summed E-state index contributed by atoms with van der Waals surface area (Å²) in [6.45, 7) is 1.89. The standard InChI is InChI=1S/C13H14BrN3O/c1-13(15,9-5-3-4-6-10(9)14)11-12(18-2)17-8-7-16-11/h3-8H,15H2,1-2H3. The molecule has 1 unspecified atom stereocenters. The van der Waals surface area contributed by atoms with Crippen LogP contribution in [0.15, 0.2) is 41.1 Å². The van der Waals surface area contributed by atoms with E-state index in [1.165, 1.54) is 0 Å². The van der Waals surface area contributed by atoms with Gasteiger partial charge in [-0.25, -0.2) is 4.98 Å². The molecule has 0 aliphatic heterocycles. The smallest absolute Gasteiger partial charge is 0.237 e. The summed E-state index contributed by atoms with van der Waals surface area (Å²) in [5.41, 5.74) is 7.19. The van der Waals surface area contributed by atoms with Gasteiger partial charge in [-0.2, -0.15) is 0 Å². The van der Waals surface area contributed by atoms with E-state index in [9.17, 15) is 0 Å². The van der Waals surface area contributed by atoms with Crippen LogP contribution in [0, 0.1) is 0 Å². The lowest BCUT2D eigenvalue weighted by atomic mass is 9.89. The first-order chi connectivity index (χ1) is 8.57. The Kier molecular flexibility index (Phi) is 3.63. The van der Waals surface area contributed by atoms with Gasteiger partial charge in [0.05, 0.1) is 12.6 Å². The Morgan fingerprint density at radius 1 is 1.22 bits per heavy atom. The molecule has 0 saturated carbocycles. The van der Waals surface area contributed by atoms with Crippen LogP contribution < -0.4 is 10.5 Å². The van der Waals surface area contributed by atoms with Gasteiger partial charge in [0, 0.05) is 16.9 Å². The monoisotopic (exact) mass is 307 g/mol.